The van der Waals surface area contributed by atoms with E-state index in [1.54, 1.807) is 30.3 Å². The van der Waals surface area contributed by atoms with E-state index in [-0.39, 0.29) is 22.2 Å². The van der Waals surface area contributed by atoms with E-state index in [0.29, 0.717) is 11.3 Å². The van der Waals surface area contributed by atoms with Gasteiger partial charge in [0, 0.05) is 17.8 Å². The number of carboxylic acid groups (broad SMARTS) is 1. The Labute approximate surface area is 142 Å². The van der Waals surface area contributed by atoms with Gasteiger partial charge in [-0.05, 0) is 35.9 Å². The predicted octanol–water partition coefficient (Wildman–Crippen LogP) is 3.14. The van der Waals surface area contributed by atoms with Crippen molar-refractivity contribution in [2.75, 3.05) is 5.32 Å². The number of rotatable bonds is 4. The van der Waals surface area contributed by atoms with Crippen LogP contribution in [0.2, 0.25) is 0 Å². The fourth-order valence-corrected chi connectivity index (χ4v) is 2.27. The molecule has 1 heterocycles. The minimum Gasteiger partial charge on any atom is -0.478 e. The summed E-state index contributed by atoms with van der Waals surface area (Å²) >= 11 is 0. The molecule has 2 aromatic carbocycles. The van der Waals surface area contributed by atoms with E-state index in [0.717, 1.165) is 12.1 Å². The van der Waals surface area contributed by atoms with Gasteiger partial charge in [-0.15, -0.1) is 0 Å². The van der Waals surface area contributed by atoms with Crippen LogP contribution in [0.3, 0.4) is 0 Å². The Bertz CT molecular complexity index is 1030. The Morgan fingerprint density at radius 3 is 2.52 bits per heavy atom. The highest BCUT2D eigenvalue weighted by Crippen LogP contribution is 2.17. The van der Waals surface area contributed by atoms with Crippen molar-refractivity contribution in [1.82, 2.24) is 0 Å². The lowest BCUT2D eigenvalue weighted by atomic mass is 10.1. The van der Waals surface area contributed by atoms with Crippen LogP contribution < -0.4 is 10.7 Å². The number of benzene rings is 2. The molecule has 0 atom stereocenters. The number of nitrogens with one attached hydrogen (secondary N) is 1. The van der Waals surface area contributed by atoms with Gasteiger partial charge < -0.3 is 14.8 Å². The number of hydrogen-bond acceptors (Lipinski definition) is 4. The largest absolute Gasteiger partial charge is 0.478 e. The monoisotopic (exact) mass is 335 g/mol. The smallest absolute Gasteiger partial charge is 0.328 e. The second kappa shape index (κ2) is 6.84. The average molecular weight is 335 g/mol. The maximum atomic E-state index is 12.3. The summed E-state index contributed by atoms with van der Waals surface area (Å²) in [5.74, 6) is -1.71. The van der Waals surface area contributed by atoms with Gasteiger partial charge in [0.1, 0.15) is 5.58 Å². The van der Waals surface area contributed by atoms with Crippen LogP contribution in [0, 0.1) is 0 Å². The Balaban J connectivity index is 1.94. The first-order valence-electron chi connectivity index (χ1n) is 7.38. The van der Waals surface area contributed by atoms with Gasteiger partial charge in [0.2, 0.25) is 0 Å². The van der Waals surface area contributed by atoms with E-state index in [1.807, 2.05) is 6.07 Å². The Hall–Kier alpha value is -3.67. The number of hydrogen-bond donors (Lipinski definition) is 2. The molecule has 0 saturated carbocycles. The van der Waals surface area contributed by atoms with E-state index >= 15 is 0 Å². The molecule has 25 heavy (non-hydrogen) atoms. The number of aliphatic carboxylic acids is 1. The summed E-state index contributed by atoms with van der Waals surface area (Å²) in [6, 6.07) is 14.6. The van der Waals surface area contributed by atoms with Crippen LogP contribution in [0.1, 0.15) is 16.1 Å². The molecule has 124 valence electrons. The predicted molar refractivity (Wildman–Crippen MR) is 93.5 cm³/mol. The second-order valence-corrected chi connectivity index (χ2v) is 5.22. The summed E-state index contributed by atoms with van der Waals surface area (Å²) in [5.41, 5.74) is 0.997. The molecule has 1 amide bonds. The van der Waals surface area contributed by atoms with Gasteiger partial charge in [0.15, 0.2) is 11.2 Å². The molecule has 1 aromatic heterocycles. The molecule has 0 aliphatic heterocycles. The van der Waals surface area contributed by atoms with Crippen LogP contribution >= 0.6 is 0 Å². The number of carboxylic acids is 1. The van der Waals surface area contributed by atoms with Crippen molar-refractivity contribution in [3.63, 3.8) is 0 Å². The molecule has 0 fully saturated rings. The van der Waals surface area contributed by atoms with Crippen molar-refractivity contribution in [2.24, 2.45) is 0 Å². The van der Waals surface area contributed by atoms with Crippen molar-refractivity contribution < 1.29 is 19.1 Å². The van der Waals surface area contributed by atoms with Gasteiger partial charge in [-0.2, -0.15) is 0 Å². The summed E-state index contributed by atoms with van der Waals surface area (Å²) in [5, 5.41) is 11.6. The van der Waals surface area contributed by atoms with Crippen molar-refractivity contribution >= 4 is 34.6 Å². The normalized spacial score (nSPS) is 10.9. The van der Waals surface area contributed by atoms with Gasteiger partial charge in [-0.1, -0.05) is 24.3 Å². The zero-order valence-electron chi connectivity index (χ0n) is 12.9. The SMILES string of the molecule is O=C(O)/C=C/c1ccc2oc(C(=O)Nc3ccccc3)cc(=O)c2c1. The van der Waals surface area contributed by atoms with E-state index in [1.165, 1.54) is 18.2 Å². The summed E-state index contributed by atoms with van der Waals surface area (Å²) in [6.45, 7) is 0. The molecular formula is C19H13NO5. The van der Waals surface area contributed by atoms with Gasteiger partial charge in [0.05, 0.1) is 5.39 Å². The van der Waals surface area contributed by atoms with Gasteiger partial charge >= 0.3 is 5.97 Å². The summed E-state index contributed by atoms with van der Waals surface area (Å²) in [6.07, 6.45) is 2.35. The fraction of sp³-hybridized carbons (Fsp3) is 0. The molecule has 6 heteroatoms. The molecule has 6 nitrogen and oxygen atoms in total. The number of para-hydroxylation sites is 1. The Morgan fingerprint density at radius 2 is 1.80 bits per heavy atom. The van der Waals surface area contributed by atoms with Crippen molar-refractivity contribution in [3.05, 3.63) is 82.2 Å². The Morgan fingerprint density at radius 1 is 1.04 bits per heavy atom. The first kappa shape index (κ1) is 16.2. The first-order valence-corrected chi connectivity index (χ1v) is 7.38. The van der Waals surface area contributed by atoms with Gasteiger partial charge in [0.25, 0.3) is 5.91 Å². The first-order chi connectivity index (χ1) is 12.0. The molecule has 3 rings (SSSR count). The average Bonchev–Trinajstić information content (AvgIpc) is 2.61. The van der Waals surface area contributed by atoms with Crippen LogP contribution in [-0.4, -0.2) is 17.0 Å². The molecule has 0 unspecified atom stereocenters. The minimum absolute atomic E-state index is 0.102. The number of carbonyl (C=O) groups excluding carboxylic acids is 1. The molecule has 0 aliphatic carbocycles. The van der Waals surface area contributed by atoms with Crippen molar-refractivity contribution in [3.8, 4) is 0 Å². The minimum atomic E-state index is -1.08. The van der Waals surface area contributed by atoms with Crippen LogP contribution in [0.4, 0.5) is 5.69 Å². The van der Waals surface area contributed by atoms with E-state index in [4.69, 9.17) is 9.52 Å². The topological polar surface area (TPSA) is 96.6 Å². The number of amides is 1. The lowest BCUT2D eigenvalue weighted by molar-refractivity contribution is -0.131. The highest BCUT2D eigenvalue weighted by Gasteiger charge is 2.12. The highest BCUT2D eigenvalue weighted by molar-refractivity contribution is 6.03. The van der Waals surface area contributed by atoms with E-state index < -0.39 is 11.9 Å². The van der Waals surface area contributed by atoms with Crippen LogP contribution in [0.25, 0.3) is 17.0 Å². The molecule has 0 radical (unpaired) electrons. The number of fused-ring (bicyclic) bond motifs is 1. The van der Waals surface area contributed by atoms with Crippen LogP contribution in [0.15, 0.2) is 69.9 Å². The summed E-state index contributed by atoms with van der Waals surface area (Å²) in [4.78, 5) is 35.1. The molecule has 0 saturated heterocycles. The van der Waals surface area contributed by atoms with Crippen molar-refractivity contribution in [2.45, 2.75) is 0 Å². The molecule has 0 bridgehead atoms. The lowest BCUT2D eigenvalue weighted by Gasteiger charge is -2.05. The van der Waals surface area contributed by atoms with Crippen LogP contribution in [0.5, 0.6) is 0 Å². The van der Waals surface area contributed by atoms with Gasteiger partial charge in [-0.3, -0.25) is 9.59 Å². The lowest BCUT2D eigenvalue weighted by Crippen LogP contribution is -2.14. The number of carbonyl (C=O) groups is 2. The molecule has 0 spiro atoms. The second-order valence-electron chi connectivity index (χ2n) is 5.22. The third-order valence-corrected chi connectivity index (χ3v) is 3.42. The standard InChI is InChI=1S/C19H13NO5/c21-15-11-17(19(24)20-13-4-2-1-3-5-13)25-16-8-6-12(10-14(15)16)7-9-18(22)23/h1-11H,(H,20,24)(H,22,23)/b9-7+. The zero-order chi connectivity index (χ0) is 17.8. The molecule has 2 N–H and O–H groups in total. The summed E-state index contributed by atoms with van der Waals surface area (Å²) < 4.78 is 5.50. The highest BCUT2D eigenvalue weighted by atomic mass is 16.4. The zero-order valence-corrected chi connectivity index (χ0v) is 12.9. The quantitative estimate of drug-likeness (QED) is 0.714. The maximum Gasteiger partial charge on any atom is 0.328 e. The molecule has 3 aromatic rings. The third-order valence-electron chi connectivity index (χ3n) is 3.42. The van der Waals surface area contributed by atoms with Crippen LogP contribution in [-0.2, 0) is 4.79 Å². The summed E-state index contributed by atoms with van der Waals surface area (Å²) in [7, 11) is 0. The maximum absolute atomic E-state index is 12.3. The fourth-order valence-electron chi connectivity index (χ4n) is 2.27. The van der Waals surface area contributed by atoms with Gasteiger partial charge in [-0.25, -0.2) is 4.79 Å². The third kappa shape index (κ3) is 3.81. The molecule has 0 aliphatic rings. The van der Waals surface area contributed by atoms with E-state index in [2.05, 4.69) is 5.32 Å². The molecular weight excluding hydrogens is 322 g/mol. The Kier molecular flexibility index (Phi) is 4.43. The number of anilines is 1. The van der Waals surface area contributed by atoms with Crippen molar-refractivity contribution in [1.29, 1.82) is 0 Å². The van der Waals surface area contributed by atoms with E-state index in [9.17, 15) is 14.4 Å².